The molecule has 0 spiro atoms. The molecule has 192 valence electrons. The molecule has 0 saturated carbocycles. The fourth-order valence-corrected chi connectivity index (χ4v) is 7.60. The van der Waals surface area contributed by atoms with Gasteiger partial charge in [0.25, 0.3) is 5.91 Å². The highest BCUT2D eigenvalue weighted by Gasteiger charge is 2.49. The van der Waals surface area contributed by atoms with Crippen LogP contribution < -0.4 is 0 Å². The van der Waals surface area contributed by atoms with Gasteiger partial charge in [0.15, 0.2) is 0 Å². The Kier molecular flexibility index (Phi) is 6.39. The summed E-state index contributed by atoms with van der Waals surface area (Å²) in [6.07, 6.45) is 2.04. The van der Waals surface area contributed by atoms with Gasteiger partial charge in [0.2, 0.25) is 15.9 Å². The van der Waals surface area contributed by atoms with Gasteiger partial charge in [-0.05, 0) is 37.8 Å². The van der Waals surface area contributed by atoms with E-state index in [1.54, 1.807) is 11.3 Å². The lowest BCUT2D eigenvalue weighted by Crippen LogP contribution is -2.51. The molecule has 3 aliphatic heterocycles. The molecular weight excluding hydrogens is 500 g/mol. The lowest BCUT2D eigenvalue weighted by atomic mass is 9.78. The minimum absolute atomic E-state index is 0.102. The smallest absolute Gasteiger partial charge is 0.256 e. The van der Waals surface area contributed by atoms with E-state index >= 15 is 0 Å². The van der Waals surface area contributed by atoms with Gasteiger partial charge >= 0.3 is 0 Å². The summed E-state index contributed by atoms with van der Waals surface area (Å²) in [6.45, 7) is 4.24. The van der Waals surface area contributed by atoms with Crippen molar-refractivity contribution in [2.75, 3.05) is 19.3 Å². The van der Waals surface area contributed by atoms with Crippen LogP contribution in [-0.2, 0) is 25.0 Å². The summed E-state index contributed by atoms with van der Waals surface area (Å²) in [5.74, 6) is -0.598. The number of rotatable bonds is 5. The van der Waals surface area contributed by atoms with Gasteiger partial charge in [0, 0.05) is 31.6 Å². The third-order valence-corrected chi connectivity index (χ3v) is 9.91. The molecule has 4 atom stereocenters. The van der Waals surface area contributed by atoms with E-state index in [1.165, 1.54) is 9.21 Å². The molecule has 3 aliphatic rings. The molecule has 2 amide bonds. The quantitative estimate of drug-likeness (QED) is 0.632. The normalized spacial score (nSPS) is 29.2. The van der Waals surface area contributed by atoms with Gasteiger partial charge in [-0.2, -0.15) is 4.31 Å². The first-order valence-electron chi connectivity index (χ1n) is 12.1. The predicted molar refractivity (Wildman–Crippen MR) is 137 cm³/mol. The number of benzene rings is 1. The van der Waals surface area contributed by atoms with Crippen LogP contribution in [0, 0.1) is 6.92 Å². The zero-order valence-corrected chi connectivity index (χ0v) is 22.2. The molecule has 36 heavy (non-hydrogen) atoms. The molecule has 0 unspecified atom stereocenters. The topological polar surface area (TPSA) is 120 Å². The Hall–Kier alpha value is -2.47. The van der Waals surface area contributed by atoms with Crippen molar-refractivity contribution >= 4 is 38.9 Å². The monoisotopic (exact) mass is 530 g/mol. The van der Waals surface area contributed by atoms with Gasteiger partial charge in [-0.15, -0.1) is 11.3 Å². The number of hydrogen-bond donors (Lipinski definition) is 1. The molecule has 0 aliphatic carbocycles. The Labute approximate surface area is 214 Å². The van der Waals surface area contributed by atoms with E-state index in [1.807, 2.05) is 43.6 Å². The van der Waals surface area contributed by atoms with Gasteiger partial charge in [0.05, 0.1) is 39.9 Å². The molecule has 5 rings (SSSR count). The fraction of sp³-hybridized carbons (Fsp3) is 0.520. The minimum Gasteiger partial charge on any atom is -0.391 e. The second-order valence-electron chi connectivity index (χ2n) is 10.2. The number of amides is 2. The van der Waals surface area contributed by atoms with E-state index in [2.05, 4.69) is 9.98 Å². The van der Waals surface area contributed by atoms with Crippen molar-refractivity contribution in [2.24, 2.45) is 4.99 Å². The molecule has 1 aromatic carbocycles. The molecule has 9 nitrogen and oxygen atoms in total. The summed E-state index contributed by atoms with van der Waals surface area (Å²) in [7, 11) is -3.53. The number of aromatic nitrogens is 1. The summed E-state index contributed by atoms with van der Waals surface area (Å²) in [5.41, 5.74) is 4.35. The first-order valence-corrected chi connectivity index (χ1v) is 14.8. The van der Waals surface area contributed by atoms with Crippen LogP contribution in [0.5, 0.6) is 0 Å². The highest BCUT2D eigenvalue weighted by Crippen LogP contribution is 2.39. The summed E-state index contributed by atoms with van der Waals surface area (Å²) in [4.78, 5) is 38.0. The Morgan fingerprint density at radius 1 is 1.25 bits per heavy atom. The van der Waals surface area contributed by atoms with E-state index in [0.717, 1.165) is 28.0 Å². The number of nitrogens with zero attached hydrogens (tertiary/aromatic N) is 4. The number of aryl methyl sites for hydroxylation is 1. The lowest BCUT2D eigenvalue weighted by Gasteiger charge is -2.31. The van der Waals surface area contributed by atoms with Gasteiger partial charge in [-0.1, -0.05) is 24.3 Å². The van der Waals surface area contributed by atoms with E-state index in [-0.39, 0.29) is 24.8 Å². The zero-order valence-electron chi connectivity index (χ0n) is 20.5. The van der Waals surface area contributed by atoms with Crippen LogP contribution in [0.25, 0.3) is 10.4 Å². The van der Waals surface area contributed by atoms with Crippen LogP contribution in [0.2, 0.25) is 0 Å². The molecule has 2 aromatic rings. The largest absolute Gasteiger partial charge is 0.391 e. The molecule has 0 radical (unpaired) electrons. The molecular formula is C25H30N4O5S2. The number of thiazole rings is 1. The van der Waals surface area contributed by atoms with Crippen molar-refractivity contribution in [1.29, 1.82) is 0 Å². The average molecular weight is 531 g/mol. The molecule has 4 heterocycles. The van der Waals surface area contributed by atoms with Crippen molar-refractivity contribution in [2.45, 2.75) is 63.1 Å². The number of hydrogen-bond acceptors (Lipinski definition) is 7. The second kappa shape index (κ2) is 9.13. The number of likely N-dealkylation sites (tertiary alicyclic amines) is 1. The maximum Gasteiger partial charge on any atom is 0.256 e. The third-order valence-electron chi connectivity index (χ3n) is 7.64. The van der Waals surface area contributed by atoms with Crippen LogP contribution in [0.1, 0.15) is 43.9 Å². The van der Waals surface area contributed by atoms with Crippen molar-refractivity contribution in [3.05, 3.63) is 41.0 Å². The number of sulfonamides is 1. The number of aliphatic hydroxyl groups excluding tert-OH is 1. The maximum atomic E-state index is 13.5. The maximum absolute atomic E-state index is 13.5. The lowest BCUT2D eigenvalue weighted by molar-refractivity contribution is -0.134. The van der Waals surface area contributed by atoms with Gasteiger partial charge in [-0.3, -0.25) is 9.59 Å². The highest BCUT2D eigenvalue weighted by molar-refractivity contribution is 7.88. The van der Waals surface area contributed by atoms with E-state index in [9.17, 15) is 23.1 Å². The molecule has 11 heteroatoms. The van der Waals surface area contributed by atoms with Crippen LogP contribution >= 0.6 is 11.3 Å². The van der Waals surface area contributed by atoms with E-state index < -0.39 is 33.6 Å². The summed E-state index contributed by atoms with van der Waals surface area (Å²) >= 11 is 1.57. The average Bonchev–Trinajstić information content (AvgIpc) is 3.60. The zero-order chi connectivity index (χ0) is 25.8. The Morgan fingerprint density at radius 3 is 2.61 bits per heavy atom. The van der Waals surface area contributed by atoms with Gasteiger partial charge in [0.1, 0.15) is 6.04 Å². The number of aliphatic imine (C=N–C) groups is 1. The van der Waals surface area contributed by atoms with Crippen LogP contribution in [0.15, 0.2) is 34.8 Å². The van der Waals surface area contributed by atoms with Crippen LogP contribution in [0.4, 0.5) is 0 Å². The first kappa shape index (κ1) is 25.2. The van der Waals surface area contributed by atoms with E-state index in [4.69, 9.17) is 0 Å². The minimum atomic E-state index is -3.53. The Morgan fingerprint density at radius 2 is 1.97 bits per heavy atom. The number of carbonyl (C=O) groups is 2. The first-order chi connectivity index (χ1) is 17.0. The van der Waals surface area contributed by atoms with Crippen molar-refractivity contribution in [3.8, 4) is 10.4 Å². The summed E-state index contributed by atoms with van der Waals surface area (Å²) in [6, 6.07) is 6.56. The van der Waals surface area contributed by atoms with Crippen molar-refractivity contribution < 1.29 is 23.1 Å². The molecule has 2 saturated heterocycles. The predicted octanol–water partition coefficient (Wildman–Crippen LogP) is 2.13. The van der Waals surface area contributed by atoms with Crippen molar-refractivity contribution in [3.63, 3.8) is 0 Å². The second-order valence-corrected chi connectivity index (χ2v) is 13.0. The molecule has 2 fully saturated rings. The number of β-amino-alcohol motifs (C(OH)–C–C–N with tert-alkyl or cyclic N) is 1. The summed E-state index contributed by atoms with van der Waals surface area (Å²) < 4.78 is 25.7. The van der Waals surface area contributed by atoms with E-state index in [0.29, 0.717) is 31.5 Å². The number of carbonyl (C=O) groups excluding carboxylic acids is 2. The highest BCUT2D eigenvalue weighted by atomic mass is 32.2. The van der Waals surface area contributed by atoms with Crippen LogP contribution in [-0.4, -0.2) is 82.8 Å². The third kappa shape index (κ3) is 4.31. The van der Waals surface area contributed by atoms with Gasteiger partial charge < -0.3 is 10.0 Å². The molecule has 1 aromatic heterocycles. The SMILES string of the molecule is Cc1ncsc1-c1ccc([C@]2(C)CC([C@H]3C[C@@H](O)CN3C(=O)[C@H]3CCCN3S(C)(=O)=O)=NC2=O)cc1. The Balaban J connectivity index is 1.37. The van der Waals surface area contributed by atoms with Crippen molar-refractivity contribution in [1.82, 2.24) is 14.2 Å². The summed E-state index contributed by atoms with van der Waals surface area (Å²) in [5, 5.41) is 10.4. The standard InChI is InChI=1S/C25H30N4O5S2/c1-15-22(35-14-26-15)16-6-8-17(9-7-16)25(2)12-19(27-24(25)32)21-11-18(30)13-28(21)23(31)20-5-4-10-29(20)36(3,33)34/h6-9,14,18,20-21,30H,4-5,10-13H2,1-3H3/t18-,20-,21-,25+/m1/s1. The molecule has 1 N–H and O–H groups in total. The molecule has 0 bridgehead atoms. The fourth-order valence-electron chi connectivity index (χ4n) is 5.67. The van der Waals surface area contributed by atoms with Crippen LogP contribution in [0.3, 0.4) is 0 Å². The van der Waals surface area contributed by atoms with Gasteiger partial charge in [-0.25, -0.2) is 18.4 Å². The number of aliphatic hydroxyl groups is 1. The Bertz CT molecular complexity index is 1340.